The largest absolute Gasteiger partial charge is 0.455 e. The number of anilines is 3. The average molecular weight is 518 g/mol. The molecule has 184 valence electrons. The molecule has 0 bridgehead atoms. The highest BCUT2D eigenvalue weighted by molar-refractivity contribution is 7.25. The molecule has 0 unspecified atom stereocenters. The Morgan fingerprint density at radius 2 is 1.10 bits per heavy atom. The molecule has 8 aromatic rings. The third kappa shape index (κ3) is 3.63. The lowest BCUT2D eigenvalue weighted by Gasteiger charge is -2.26. The highest BCUT2D eigenvalue weighted by Gasteiger charge is 2.19. The number of hydrogen-bond acceptors (Lipinski definition) is 3. The van der Waals surface area contributed by atoms with Gasteiger partial charge in [-0.05, 0) is 66.2 Å². The van der Waals surface area contributed by atoms with Crippen LogP contribution in [0, 0.1) is 0 Å². The normalized spacial score (nSPS) is 11.6. The van der Waals surface area contributed by atoms with E-state index < -0.39 is 0 Å². The van der Waals surface area contributed by atoms with Gasteiger partial charge in [-0.3, -0.25) is 0 Å². The first kappa shape index (κ1) is 22.2. The van der Waals surface area contributed by atoms with Crippen LogP contribution in [0.4, 0.5) is 17.1 Å². The van der Waals surface area contributed by atoms with Crippen LogP contribution >= 0.6 is 11.3 Å². The van der Waals surface area contributed by atoms with Gasteiger partial charge in [-0.1, -0.05) is 78.9 Å². The maximum atomic E-state index is 6.55. The molecule has 0 saturated heterocycles. The van der Waals surface area contributed by atoms with Crippen LogP contribution in [0.25, 0.3) is 53.2 Å². The van der Waals surface area contributed by atoms with Gasteiger partial charge in [0, 0.05) is 53.6 Å². The predicted octanol–water partition coefficient (Wildman–Crippen LogP) is 11.1. The van der Waals surface area contributed by atoms with Crippen LogP contribution in [-0.2, 0) is 0 Å². The van der Waals surface area contributed by atoms with E-state index in [-0.39, 0.29) is 0 Å². The summed E-state index contributed by atoms with van der Waals surface area (Å²) in [6.45, 7) is 0. The predicted molar refractivity (Wildman–Crippen MR) is 167 cm³/mol. The van der Waals surface area contributed by atoms with E-state index in [4.69, 9.17) is 4.42 Å². The second kappa shape index (κ2) is 8.87. The zero-order chi connectivity index (χ0) is 25.8. The summed E-state index contributed by atoms with van der Waals surface area (Å²) in [7, 11) is 0. The fourth-order valence-corrected chi connectivity index (χ4v) is 6.74. The van der Waals surface area contributed by atoms with Gasteiger partial charge < -0.3 is 9.32 Å². The fourth-order valence-electron chi connectivity index (χ4n) is 5.65. The lowest BCUT2D eigenvalue weighted by molar-refractivity contribution is 0.670. The number of rotatable bonds is 4. The van der Waals surface area contributed by atoms with E-state index in [1.54, 1.807) is 0 Å². The Morgan fingerprint density at radius 1 is 0.462 bits per heavy atom. The van der Waals surface area contributed by atoms with Crippen molar-refractivity contribution in [1.29, 1.82) is 0 Å². The van der Waals surface area contributed by atoms with E-state index in [0.717, 1.165) is 50.1 Å². The summed E-state index contributed by atoms with van der Waals surface area (Å²) in [5, 5.41) is 4.82. The van der Waals surface area contributed by atoms with Gasteiger partial charge in [0.2, 0.25) is 0 Å². The quantitative estimate of drug-likeness (QED) is 0.231. The Kier molecular flexibility index (Phi) is 5.04. The molecule has 0 atom stereocenters. The third-order valence-corrected chi connectivity index (χ3v) is 8.59. The van der Waals surface area contributed by atoms with Crippen LogP contribution in [0.1, 0.15) is 0 Å². The second-order valence-electron chi connectivity index (χ2n) is 9.78. The maximum Gasteiger partial charge on any atom is 0.143 e. The molecule has 39 heavy (non-hydrogen) atoms. The lowest BCUT2D eigenvalue weighted by atomic mass is 9.98. The van der Waals surface area contributed by atoms with Crippen LogP contribution in [-0.4, -0.2) is 0 Å². The summed E-state index contributed by atoms with van der Waals surface area (Å²) in [5.41, 5.74) is 7.38. The van der Waals surface area contributed by atoms with Crippen molar-refractivity contribution in [3.63, 3.8) is 0 Å². The van der Waals surface area contributed by atoms with Crippen molar-refractivity contribution >= 4 is 70.5 Å². The molecule has 2 nitrogen and oxygen atoms in total. The van der Waals surface area contributed by atoms with Gasteiger partial charge in [0.15, 0.2) is 0 Å². The van der Waals surface area contributed by atoms with Gasteiger partial charge in [0.25, 0.3) is 0 Å². The van der Waals surface area contributed by atoms with Crippen molar-refractivity contribution in [3.8, 4) is 11.1 Å². The highest BCUT2D eigenvalue weighted by atomic mass is 32.1. The summed E-state index contributed by atoms with van der Waals surface area (Å²) in [6.07, 6.45) is 0. The van der Waals surface area contributed by atoms with Crippen LogP contribution in [0.3, 0.4) is 0 Å². The molecule has 3 heteroatoms. The topological polar surface area (TPSA) is 16.4 Å². The Labute approximate surface area is 230 Å². The molecule has 6 aromatic carbocycles. The summed E-state index contributed by atoms with van der Waals surface area (Å²) in [5.74, 6) is 0. The van der Waals surface area contributed by atoms with Gasteiger partial charge in [-0.15, -0.1) is 11.3 Å². The number of para-hydroxylation sites is 3. The minimum absolute atomic E-state index is 0.902. The maximum absolute atomic E-state index is 6.55. The van der Waals surface area contributed by atoms with Crippen molar-refractivity contribution in [1.82, 2.24) is 0 Å². The Bertz CT molecular complexity index is 2080. The van der Waals surface area contributed by atoms with Gasteiger partial charge in [-0.2, -0.15) is 0 Å². The third-order valence-electron chi connectivity index (χ3n) is 7.44. The molecule has 2 aromatic heterocycles. The van der Waals surface area contributed by atoms with Crippen molar-refractivity contribution in [2.45, 2.75) is 0 Å². The molecular formula is C36H23NOS. The van der Waals surface area contributed by atoms with Crippen LogP contribution in [0.2, 0.25) is 0 Å². The van der Waals surface area contributed by atoms with Gasteiger partial charge in [-0.25, -0.2) is 0 Å². The second-order valence-corrected chi connectivity index (χ2v) is 10.9. The SMILES string of the molecule is c1ccc(N(c2ccccc2)c2cc(-c3ccc4sc5ccccc5c4c3)c3oc4ccccc4c3c2)cc1. The highest BCUT2D eigenvalue weighted by Crippen LogP contribution is 2.44. The smallest absolute Gasteiger partial charge is 0.143 e. The number of nitrogens with zero attached hydrogens (tertiary/aromatic N) is 1. The van der Waals surface area contributed by atoms with E-state index in [1.807, 2.05) is 17.4 Å². The molecule has 0 aliphatic rings. The number of furan rings is 1. The molecule has 0 aliphatic heterocycles. The van der Waals surface area contributed by atoms with E-state index in [1.165, 1.54) is 20.2 Å². The summed E-state index contributed by atoms with van der Waals surface area (Å²) in [6, 6.07) is 49.5. The minimum atomic E-state index is 0.902. The molecule has 8 rings (SSSR count). The van der Waals surface area contributed by atoms with Gasteiger partial charge >= 0.3 is 0 Å². The van der Waals surface area contributed by atoms with E-state index in [2.05, 4.69) is 138 Å². The summed E-state index contributed by atoms with van der Waals surface area (Å²) >= 11 is 1.84. The van der Waals surface area contributed by atoms with Crippen LogP contribution in [0.5, 0.6) is 0 Å². The molecule has 0 aliphatic carbocycles. The van der Waals surface area contributed by atoms with E-state index in [0.29, 0.717) is 0 Å². The molecule has 0 spiro atoms. The Balaban J connectivity index is 1.44. The summed E-state index contributed by atoms with van der Waals surface area (Å²) < 4.78 is 9.16. The van der Waals surface area contributed by atoms with Crippen LogP contribution in [0.15, 0.2) is 144 Å². The van der Waals surface area contributed by atoms with Crippen LogP contribution < -0.4 is 4.90 Å². The zero-order valence-electron chi connectivity index (χ0n) is 21.0. The Morgan fingerprint density at radius 3 is 1.87 bits per heavy atom. The first-order valence-electron chi connectivity index (χ1n) is 13.1. The molecule has 2 heterocycles. The van der Waals surface area contributed by atoms with Gasteiger partial charge in [0.05, 0.1) is 0 Å². The van der Waals surface area contributed by atoms with Crippen molar-refractivity contribution in [3.05, 3.63) is 140 Å². The van der Waals surface area contributed by atoms with E-state index in [9.17, 15) is 0 Å². The lowest BCUT2D eigenvalue weighted by Crippen LogP contribution is -2.09. The number of hydrogen-bond donors (Lipinski definition) is 0. The van der Waals surface area contributed by atoms with Gasteiger partial charge in [0.1, 0.15) is 11.2 Å². The standard InChI is InChI=1S/C36H23NOS/c1-3-11-25(12-4-1)37(26-13-5-2-6-14-26)27-22-30(36-32(23-27)28-15-7-9-17-33(28)38-36)24-19-20-35-31(21-24)29-16-8-10-18-34(29)39-35/h1-23H. The molecule has 0 radical (unpaired) electrons. The number of thiophene rings is 1. The zero-order valence-corrected chi connectivity index (χ0v) is 21.9. The number of benzene rings is 6. The van der Waals surface area contributed by atoms with Crippen molar-refractivity contribution in [2.24, 2.45) is 0 Å². The minimum Gasteiger partial charge on any atom is -0.455 e. The first-order valence-corrected chi connectivity index (χ1v) is 13.9. The fraction of sp³-hybridized carbons (Fsp3) is 0. The Hall–Kier alpha value is -4.86. The average Bonchev–Trinajstić information content (AvgIpc) is 3.56. The molecule has 0 amide bonds. The summed E-state index contributed by atoms with van der Waals surface area (Å²) in [4.78, 5) is 2.32. The van der Waals surface area contributed by atoms with E-state index >= 15 is 0 Å². The molecule has 0 saturated carbocycles. The monoisotopic (exact) mass is 517 g/mol. The van der Waals surface area contributed by atoms with Crippen molar-refractivity contribution < 1.29 is 4.42 Å². The number of fused-ring (bicyclic) bond motifs is 6. The molecule has 0 N–H and O–H groups in total. The molecular weight excluding hydrogens is 494 g/mol. The van der Waals surface area contributed by atoms with Crippen molar-refractivity contribution in [2.75, 3.05) is 4.90 Å². The molecule has 0 fully saturated rings. The first-order chi connectivity index (χ1) is 19.3.